The van der Waals surface area contributed by atoms with Gasteiger partial charge >= 0.3 is 17.9 Å². The van der Waals surface area contributed by atoms with Crippen molar-refractivity contribution in [3.8, 4) is 0 Å². The van der Waals surface area contributed by atoms with E-state index in [0.29, 0.717) is 19.3 Å². The maximum Gasteiger partial charge on any atom is 0.362 e. The van der Waals surface area contributed by atoms with E-state index in [4.69, 9.17) is 14.2 Å². The number of esters is 2. The van der Waals surface area contributed by atoms with Crippen LogP contribution in [0.15, 0.2) is 36.5 Å². The highest BCUT2D eigenvalue weighted by Gasteiger charge is 2.31. The van der Waals surface area contributed by atoms with E-state index >= 15 is 0 Å². The number of carbonyl (C=O) groups excluding carboxylic acids is 2. The molecule has 0 saturated heterocycles. The first-order chi connectivity index (χ1) is 32.1. The first-order valence-corrected chi connectivity index (χ1v) is 28.0. The van der Waals surface area contributed by atoms with Gasteiger partial charge in [-0.1, -0.05) is 211 Å². The maximum atomic E-state index is 12.8. The molecule has 8 nitrogen and oxygen atoms in total. The number of hydrogen-bond donors (Lipinski definition) is 1. The number of nitrogens with zero attached hydrogens (tertiary/aromatic N) is 1. The molecule has 1 N–H and O–H groups in total. The molecule has 0 radical (unpaired) electrons. The predicted octanol–water partition coefficient (Wildman–Crippen LogP) is 16.5. The second kappa shape index (κ2) is 49.0. The molecule has 0 aliphatic carbocycles. The Morgan fingerprint density at radius 2 is 0.803 bits per heavy atom. The predicted molar refractivity (Wildman–Crippen MR) is 280 cm³/mol. The first-order valence-electron chi connectivity index (χ1n) is 28.0. The van der Waals surface area contributed by atoms with Crippen LogP contribution in [0.4, 0.5) is 0 Å². The van der Waals surface area contributed by atoms with Crippen LogP contribution in [0.2, 0.25) is 0 Å². The molecule has 0 aliphatic heterocycles. The van der Waals surface area contributed by atoms with Gasteiger partial charge < -0.3 is 23.8 Å². The van der Waals surface area contributed by atoms with Gasteiger partial charge in [-0.05, 0) is 70.6 Å². The molecule has 0 amide bonds. The van der Waals surface area contributed by atoms with Crippen LogP contribution in [-0.2, 0) is 28.6 Å². The summed E-state index contributed by atoms with van der Waals surface area (Å²) >= 11 is 0. The molecule has 0 aromatic heterocycles. The molecule has 8 heteroatoms. The third kappa shape index (κ3) is 46.7. The van der Waals surface area contributed by atoms with Crippen molar-refractivity contribution < 1.29 is 38.2 Å². The number of likely N-dealkylation sites (N-methyl/N-ethyl adjacent to an activating group) is 1. The Bertz CT molecular complexity index is 1170. The Morgan fingerprint density at radius 1 is 0.455 bits per heavy atom. The summed E-state index contributed by atoms with van der Waals surface area (Å²) in [5, 5.41) is 9.67. The van der Waals surface area contributed by atoms with Gasteiger partial charge in [0.05, 0.1) is 34.4 Å². The van der Waals surface area contributed by atoms with E-state index in [1.807, 2.05) is 21.1 Å². The molecular formula is C58H108NO7+. The van der Waals surface area contributed by atoms with E-state index in [2.05, 4.69) is 50.3 Å². The minimum Gasteiger partial charge on any atom is -0.477 e. The van der Waals surface area contributed by atoms with Crippen molar-refractivity contribution in [2.24, 2.45) is 0 Å². The normalized spacial score (nSPS) is 13.0. The number of allylic oxidation sites excluding steroid dienone is 6. The second-order valence-electron chi connectivity index (χ2n) is 20.2. The number of hydrogen-bond acceptors (Lipinski definition) is 6. The minimum atomic E-state index is -0.873. The third-order valence-corrected chi connectivity index (χ3v) is 12.8. The summed E-state index contributed by atoms with van der Waals surface area (Å²) in [5.41, 5.74) is 0. The number of quaternary nitrogens is 1. The summed E-state index contributed by atoms with van der Waals surface area (Å²) in [6, 6.07) is -0.615. The molecular weight excluding hydrogens is 823 g/mol. The average Bonchev–Trinajstić information content (AvgIpc) is 3.28. The van der Waals surface area contributed by atoms with Crippen molar-refractivity contribution in [3.05, 3.63) is 36.5 Å². The molecule has 0 aromatic rings. The highest BCUT2D eigenvalue weighted by Crippen LogP contribution is 2.16. The van der Waals surface area contributed by atoms with Gasteiger partial charge in [0, 0.05) is 19.3 Å². The van der Waals surface area contributed by atoms with Gasteiger partial charge in [0.2, 0.25) is 0 Å². The monoisotopic (exact) mass is 931 g/mol. The second-order valence-corrected chi connectivity index (χ2v) is 20.2. The highest BCUT2D eigenvalue weighted by molar-refractivity contribution is 5.72. The number of unbranched alkanes of at least 4 members (excludes halogenated alkanes) is 31. The molecule has 0 aliphatic rings. The molecule has 0 saturated carbocycles. The van der Waals surface area contributed by atoms with Crippen LogP contribution in [0.25, 0.3) is 0 Å². The molecule has 0 fully saturated rings. The van der Waals surface area contributed by atoms with Crippen molar-refractivity contribution >= 4 is 17.9 Å². The van der Waals surface area contributed by atoms with E-state index in [9.17, 15) is 19.5 Å². The fraction of sp³-hybridized carbons (Fsp3) is 0.845. The molecule has 2 atom stereocenters. The standard InChI is InChI=1S/C58H107NO7/c1-6-8-10-12-14-16-18-20-22-24-26-27-28-29-31-32-34-36-38-40-42-44-46-48-56(60)65-53-54(52-64-51-50-55(58(62)63)59(3,4)5)66-57(61)49-47-45-43-41-39-37-35-33-30-25-23-21-19-17-15-13-11-9-7-2/h15,17,21,23-24,26,54-55H,6-14,16,18-20,22,25,27-53H2,1-5H3/p+1/b17-15-,23-21-,26-24-. The van der Waals surface area contributed by atoms with Crippen LogP contribution in [0, 0.1) is 0 Å². The number of aliphatic carboxylic acids is 1. The van der Waals surface area contributed by atoms with Crippen LogP contribution in [0.1, 0.15) is 264 Å². The summed E-state index contributed by atoms with van der Waals surface area (Å²) in [6.07, 6.45) is 59.1. The van der Waals surface area contributed by atoms with Gasteiger partial charge in [0.1, 0.15) is 6.61 Å². The Hall–Kier alpha value is -2.45. The molecule has 0 bridgehead atoms. The Kier molecular flexibility index (Phi) is 47.2. The summed E-state index contributed by atoms with van der Waals surface area (Å²) in [4.78, 5) is 37.2. The molecule has 386 valence electrons. The van der Waals surface area contributed by atoms with E-state index < -0.39 is 18.1 Å². The summed E-state index contributed by atoms with van der Waals surface area (Å²) in [5.74, 6) is -1.46. The number of ether oxygens (including phenoxy) is 3. The Balaban J connectivity index is 4.17. The SMILES string of the molecule is CCCCC/C=C\C/C=C\CCCCCCCCCCCC(=O)OC(COCCC(C(=O)O)[N+](C)(C)C)COC(=O)CCCCCCCCCCCCC/C=C\CCCCCCCCCC. The van der Waals surface area contributed by atoms with Crippen LogP contribution in [0.3, 0.4) is 0 Å². The van der Waals surface area contributed by atoms with Crippen molar-refractivity contribution in [2.75, 3.05) is 41.0 Å². The van der Waals surface area contributed by atoms with Crippen LogP contribution >= 0.6 is 0 Å². The molecule has 0 aromatic carbocycles. The lowest BCUT2D eigenvalue weighted by atomic mass is 10.0. The quantitative estimate of drug-likeness (QED) is 0.0281. The van der Waals surface area contributed by atoms with E-state index in [1.165, 1.54) is 186 Å². The minimum absolute atomic E-state index is 0.0504. The van der Waals surface area contributed by atoms with Crippen LogP contribution < -0.4 is 0 Å². The van der Waals surface area contributed by atoms with E-state index in [1.54, 1.807) is 0 Å². The molecule has 0 heterocycles. The highest BCUT2D eigenvalue weighted by atomic mass is 16.6. The van der Waals surface area contributed by atoms with Crippen LogP contribution in [-0.4, -0.2) is 80.6 Å². The fourth-order valence-electron chi connectivity index (χ4n) is 8.41. The summed E-state index contributed by atoms with van der Waals surface area (Å²) in [6.45, 7) is 4.75. The zero-order chi connectivity index (χ0) is 48.4. The summed E-state index contributed by atoms with van der Waals surface area (Å²) in [7, 11) is 5.54. The van der Waals surface area contributed by atoms with E-state index in [-0.39, 0.29) is 36.2 Å². The lowest BCUT2D eigenvalue weighted by Crippen LogP contribution is -2.50. The first kappa shape index (κ1) is 63.5. The maximum absolute atomic E-state index is 12.8. The van der Waals surface area contributed by atoms with E-state index in [0.717, 1.165) is 44.9 Å². The lowest BCUT2D eigenvalue weighted by molar-refractivity contribution is -0.887. The number of carboxylic acids is 1. The van der Waals surface area contributed by atoms with Gasteiger partial charge in [-0.3, -0.25) is 9.59 Å². The van der Waals surface area contributed by atoms with Crippen LogP contribution in [0.5, 0.6) is 0 Å². The van der Waals surface area contributed by atoms with Crippen molar-refractivity contribution in [1.29, 1.82) is 0 Å². The smallest absolute Gasteiger partial charge is 0.362 e. The zero-order valence-corrected chi connectivity index (χ0v) is 44.2. The average molecular weight is 932 g/mol. The number of carbonyl (C=O) groups is 3. The molecule has 0 spiro atoms. The van der Waals surface area contributed by atoms with Gasteiger partial charge in [-0.15, -0.1) is 0 Å². The molecule has 2 unspecified atom stereocenters. The largest absolute Gasteiger partial charge is 0.477 e. The van der Waals surface area contributed by atoms with Crippen molar-refractivity contribution in [3.63, 3.8) is 0 Å². The molecule has 0 rings (SSSR count). The van der Waals surface area contributed by atoms with Gasteiger partial charge in [-0.2, -0.15) is 0 Å². The number of carboxylic acid groups (broad SMARTS) is 1. The molecule has 66 heavy (non-hydrogen) atoms. The lowest BCUT2D eigenvalue weighted by Gasteiger charge is -2.31. The Morgan fingerprint density at radius 3 is 1.21 bits per heavy atom. The van der Waals surface area contributed by atoms with Gasteiger partial charge in [0.25, 0.3) is 0 Å². The Labute approximate surface area is 408 Å². The van der Waals surface area contributed by atoms with Gasteiger partial charge in [-0.25, -0.2) is 4.79 Å². The summed E-state index contributed by atoms with van der Waals surface area (Å²) < 4.78 is 17.4. The zero-order valence-electron chi connectivity index (χ0n) is 44.2. The van der Waals surface area contributed by atoms with Gasteiger partial charge in [0.15, 0.2) is 12.1 Å². The van der Waals surface area contributed by atoms with Crippen molar-refractivity contribution in [1.82, 2.24) is 0 Å². The topological polar surface area (TPSA) is 99.1 Å². The fourth-order valence-corrected chi connectivity index (χ4v) is 8.41. The van der Waals surface area contributed by atoms with Crippen molar-refractivity contribution in [2.45, 2.75) is 276 Å². The third-order valence-electron chi connectivity index (χ3n) is 12.8. The number of rotatable bonds is 51.